The number of rotatable bonds is 7. The SMILES string of the molecule is O=C(COC(=O)CCC(=O)c1ccc(Cl)cc1)Nc1cc(C(F)(F)F)ccc1Cl. The van der Waals surface area contributed by atoms with Crippen LogP contribution in [-0.2, 0) is 20.5 Å². The van der Waals surface area contributed by atoms with Crippen LogP contribution in [0.5, 0.6) is 0 Å². The Morgan fingerprint density at radius 2 is 1.62 bits per heavy atom. The van der Waals surface area contributed by atoms with E-state index in [4.69, 9.17) is 27.9 Å². The van der Waals surface area contributed by atoms with Gasteiger partial charge in [-0.25, -0.2) is 0 Å². The highest BCUT2D eigenvalue weighted by Gasteiger charge is 2.31. The number of halogens is 5. The second-order valence-electron chi connectivity index (χ2n) is 5.83. The molecular weight excluding hydrogens is 434 g/mol. The number of carbonyl (C=O) groups is 3. The van der Waals surface area contributed by atoms with E-state index in [1.165, 1.54) is 24.3 Å². The molecule has 0 radical (unpaired) electrons. The molecule has 0 atom stereocenters. The largest absolute Gasteiger partial charge is 0.456 e. The van der Waals surface area contributed by atoms with Crippen molar-refractivity contribution in [2.45, 2.75) is 19.0 Å². The average molecular weight is 448 g/mol. The molecule has 0 bridgehead atoms. The number of carbonyl (C=O) groups excluding carboxylic acids is 3. The Morgan fingerprint density at radius 3 is 2.24 bits per heavy atom. The minimum Gasteiger partial charge on any atom is -0.456 e. The summed E-state index contributed by atoms with van der Waals surface area (Å²) in [7, 11) is 0. The summed E-state index contributed by atoms with van der Waals surface area (Å²) in [5.41, 5.74) is -0.880. The molecule has 0 unspecified atom stereocenters. The standard InChI is InChI=1S/C19H14Cl2F3NO4/c20-13-4-1-11(2-5-13)16(26)7-8-18(28)29-10-17(27)25-15-9-12(19(22,23)24)3-6-14(15)21/h1-6,9H,7-8,10H2,(H,25,27). The lowest BCUT2D eigenvalue weighted by Gasteiger charge is -2.11. The molecule has 5 nitrogen and oxygen atoms in total. The fourth-order valence-electron chi connectivity index (χ4n) is 2.20. The summed E-state index contributed by atoms with van der Waals surface area (Å²) in [6.45, 7) is -0.736. The van der Waals surface area contributed by atoms with E-state index in [0.717, 1.165) is 12.1 Å². The summed E-state index contributed by atoms with van der Waals surface area (Å²) in [6, 6.07) is 8.55. The molecule has 29 heavy (non-hydrogen) atoms. The second kappa shape index (κ2) is 9.76. The summed E-state index contributed by atoms with van der Waals surface area (Å²) in [4.78, 5) is 35.5. The first-order valence-electron chi connectivity index (χ1n) is 8.17. The third kappa shape index (κ3) is 7.07. The van der Waals surface area contributed by atoms with Crippen molar-refractivity contribution in [3.63, 3.8) is 0 Å². The maximum Gasteiger partial charge on any atom is 0.416 e. The zero-order chi connectivity index (χ0) is 21.6. The number of hydrogen-bond donors (Lipinski definition) is 1. The Morgan fingerprint density at radius 1 is 0.966 bits per heavy atom. The highest BCUT2D eigenvalue weighted by molar-refractivity contribution is 6.33. The first-order valence-corrected chi connectivity index (χ1v) is 8.93. The van der Waals surface area contributed by atoms with Gasteiger partial charge in [-0.05, 0) is 42.5 Å². The summed E-state index contributed by atoms with van der Waals surface area (Å²) < 4.78 is 42.9. The van der Waals surface area contributed by atoms with Gasteiger partial charge in [0.05, 0.1) is 22.7 Å². The van der Waals surface area contributed by atoms with Crippen molar-refractivity contribution in [1.29, 1.82) is 0 Å². The van der Waals surface area contributed by atoms with Crippen LogP contribution < -0.4 is 5.32 Å². The molecule has 0 saturated carbocycles. The van der Waals surface area contributed by atoms with Gasteiger partial charge in [-0.15, -0.1) is 0 Å². The number of hydrogen-bond acceptors (Lipinski definition) is 4. The van der Waals surface area contributed by atoms with Crippen molar-refractivity contribution < 1.29 is 32.3 Å². The lowest BCUT2D eigenvalue weighted by molar-refractivity contribution is -0.147. The summed E-state index contributed by atoms with van der Waals surface area (Å²) >= 11 is 11.5. The van der Waals surface area contributed by atoms with E-state index < -0.39 is 30.2 Å². The van der Waals surface area contributed by atoms with Gasteiger partial charge < -0.3 is 10.1 Å². The molecule has 2 rings (SSSR count). The van der Waals surface area contributed by atoms with Gasteiger partial charge >= 0.3 is 12.1 Å². The van der Waals surface area contributed by atoms with Crippen LogP contribution in [0.2, 0.25) is 10.0 Å². The molecular formula is C19H14Cl2F3NO4. The summed E-state index contributed by atoms with van der Waals surface area (Å²) in [5.74, 6) is -1.99. The highest BCUT2D eigenvalue weighted by atomic mass is 35.5. The number of ketones is 1. The van der Waals surface area contributed by atoms with Crippen molar-refractivity contribution in [3.8, 4) is 0 Å². The maximum absolute atomic E-state index is 12.7. The van der Waals surface area contributed by atoms with Crippen LogP contribution in [0.25, 0.3) is 0 Å². The smallest absolute Gasteiger partial charge is 0.416 e. The molecule has 0 spiro atoms. The number of nitrogens with one attached hydrogen (secondary N) is 1. The molecule has 0 aliphatic heterocycles. The van der Waals surface area contributed by atoms with Crippen molar-refractivity contribution in [1.82, 2.24) is 0 Å². The molecule has 154 valence electrons. The number of benzene rings is 2. The van der Waals surface area contributed by atoms with Crippen LogP contribution in [0.4, 0.5) is 18.9 Å². The minimum atomic E-state index is -4.60. The Labute approximate surface area is 173 Å². The Bertz CT molecular complexity index is 915. The van der Waals surface area contributed by atoms with Gasteiger partial charge in [-0.3, -0.25) is 14.4 Å². The normalized spacial score (nSPS) is 11.1. The molecule has 1 N–H and O–H groups in total. The van der Waals surface area contributed by atoms with Crippen LogP contribution in [-0.4, -0.2) is 24.3 Å². The summed E-state index contributed by atoms with van der Waals surface area (Å²) in [6.07, 6.45) is -5.01. The van der Waals surface area contributed by atoms with E-state index in [1.807, 2.05) is 0 Å². The molecule has 2 aromatic rings. The monoisotopic (exact) mass is 447 g/mol. The van der Waals surface area contributed by atoms with E-state index >= 15 is 0 Å². The molecule has 0 fully saturated rings. The van der Waals surface area contributed by atoms with E-state index in [0.29, 0.717) is 16.7 Å². The second-order valence-corrected chi connectivity index (χ2v) is 6.67. The van der Waals surface area contributed by atoms with Crippen LogP contribution in [0.15, 0.2) is 42.5 Å². The number of amides is 1. The van der Waals surface area contributed by atoms with Crippen LogP contribution in [0, 0.1) is 0 Å². The third-order valence-corrected chi connectivity index (χ3v) is 4.24. The van der Waals surface area contributed by atoms with Gasteiger partial charge in [0.1, 0.15) is 0 Å². The Hall–Kier alpha value is -2.58. The molecule has 2 aromatic carbocycles. The van der Waals surface area contributed by atoms with Gasteiger partial charge in [0.25, 0.3) is 5.91 Å². The van der Waals surface area contributed by atoms with Crippen LogP contribution in [0.3, 0.4) is 0 Å². The molecule has 0 saturated heterocycles. The van der Waals surface area contributed by atoms with Crippen molar-refractivity contribution in [2.75, 3.05) is 11.9 Å². The molecule has 10 heteroatoms. The van der Waals surface area contributed by atoms with E-state index in [-0.39, 0.29) is 29.3 Å². The molecule has 0 aliphatic carbocycles. The highest BCUT2D eigenvalue weighted by Crippen LogP contribution is 2.33. The van der Waals surface area contributed by atoms with Gasteiger partial charge in [0.15, 0.2) is 12.4 Å². The predicted molar refractivity (Wildman–Crippen MR) is 101 cm³/mol. The van der Waals surface area contributed by atoms with Gasteiger partial charge in [-0.2, -0.15) is 13.2 Å². The molecule has 0 aliphatic rings. The van der Waals surface area contributed by atoms with Gasteiger partial charge in [0.2, 0.25) is 0 Å². The average Bonchev–Trinajstić information content (AvgIpc) is 2.66. The van der Waals surface area contributed by atoms with Gasteiger partial charge in [0, 0.05) is 17.0 Å². The third-order valence-electron chi connectivity index (χ3n) is 3.65. The van der Waals surface area contributed by atoms with E-state index in [2.05, 4.69) is 5.32 Å². The molecule has 0 heterocycles. The lowest BCUT2D eigenvalue weighted by atomic mass is 10.1. The van der Waals surface area contributed by atoms with Crippen LogP contribution >= 0.6 is 23.2 Å². The number of esters is 1. The number of anilines is 1. The molecule has 1 amide bonds. The number of alkyl halides is 3. The Balaban J connectivity index is 1.82. The fourth-order valence-corrected chi connectivity index (χ4v) is 2.49. The quantitative estimate of drug-likeness (QED) is 0.470. The first kappa shape index (κ1) is 22.7. The topological polar surface area (TPSA) is 72.5 Å². The maximum atomic E-state index is 12.7. The molecule has 0 aromatic heterocycles. The van der Waals surface area contributed by atoms with Gasteiger partial charge in [-0.1, -0.05) is 23.2 Å². The van der Waals surface area contributed by atoms with Crippen molar-refractivity contribution >= 4 is 46.5 Å². The zero-order valence-corrected chi connectivity index (χ0v) is 16.2. The number of Topliss-reactive ketones (excluding diaryl/α,β-unsaturated/α-hetero) is 1. The number of ether oxygens (including phenoxy) is 1. The minimum absolute atomic E-state index is 0.105. The summed E-state index contributed by atoms with van der Waals surface area (Å²) in [5, 5.41) is 2.51. The van der Waals surface area contributed by atoms with Crippen molar-refractivity contribution in [2.24, 2.45) is 0 Å². The van der Waals surface area contributed by atoms with E-state index in [9.17, 15) is 27.6 Å². The van der Waals surface area contributed by atoms with E-state index in [1.54, 1.807) is 0 Å². The fraction of sp³-hybridized carbons (Fsp3) is 0.211. The predicted octanol–water partition coefficient (Wildman–Crippen LogP) is 5.16. The van der Waals surface area contributed by atoms with Crippen molar-refractivity contribution in [3.05, 3.63) is 63.6 Å². The lowest BCUT2D eigenvalue weighted by Crippen LogP contribution is -2.21. The van der Waals surface area contributed by atoms with Crippen LogP contribution in [0.1, 0.15) is 28.8 Å². The Kier molecular flexibility index (Phi) is 7.64. The zero-order valence-electron chi connectivity index (χ0n) is 14.7. The first-order chi connectivity index (χ1) is 13.6.